The third-order valence-electron chi connectivity index (χ3n) is 3.80. The van der Waals surface area contributed by atoms with Gasteiger partial charge in [0.25, 0.3) is 0 Å². The van der Waals surface area contributed by atoms with Crippen molar-refractivity contribution in [1.82, 2.24) is 0 Å². The van der Waals surface area contributed by atoms with E-state index >= 15 is 0 Å². The second-order valence-corrected chi connectivity index (χ2v) is 5.38. The van der Waals surface area contributed by atoms with Gasteiger partial charge < -0.3 is 11.1 Å². The smallest absolute Gasteiger partial charge is 0.232 e. The molecule has 0 saturated heterocycles. The van der Waals surface area contributed by atoms with Crippen LogP contribution in [0.3, 0.4) is 0 Å². The maximum absolute atomic E-state index is 12.7. The van der Waals surface area contributed by atoms with Crippen molar-refractivity contribution in [3.05, 3.63) is 65.7 Å². The molecule has 2 aromatic carbocycles. The highest BCUT2D eigenvalue weighted by atomic mass is 16.2. The number of amides is 2. The van der Waals surface area contributed by atoms with Gasteiger partial charge in [0.2, 0.25) is 11.8 Å². The zero-order valence-electron chi connectivity index (χ0n) is 12.7. The molecule has 2 amide bonds. The van der Waals surface area contributed by atoms with Crippen molar-refractivity contribution >= 4 is 17.5 Å². The number of rotatable bonds is 5. The van der Waals surface area contributed by atoms with Crippen LogP contribution in [-0.2, 0) is 9.59 Å². The molecule has 0 spiro atoms. The van der Waals surface area contributed by atoms with Crippen molar-refractivity contribution in [2.24, 2.45) is 11.7 Å². The van der Waals surface area contributed by atoms with E-state index in [2.05, 4.69) is 5.32 Å². The number of hydrogen-bond acceptors (Lipinski definition) is 2. The Hall–Kier alpha value is -2.62. The predicted molar refractivity (Wildman–Crippen MR) is 87.4 cm³/mol. The van der Waals surface area contributed by atoms with E-state index in [1.807, 2.05) is 61.5 Å². The SMILES string of the molecule is Cc1ccccc1C(C(=O)Nc1ccccc1)C(C)C(N)=O. The highest BCUT2D eigenvalue weighted by molar-refractivity contribution is 5.99. The summed E-state index contributed by atoms with van der Waals surface area (Å²) in [6, 6.07) is 16.7. The summed E-state index contributed by atoms with van der Waals surface area (Å²) in [5.41, 5.74) is 7.92. The average molecular weight is 296 g/mol. The highest BCUT2D eigenvalue weighted by Crippen LogP contribution is 2.28. The summed E-state index contributed by atoms with van der Waals surface area (Å²) in [6.07, 6.45) is 0. The lowest BCUT2D eigenvalue weighted by Gasteiger charge is -2.23. The van der Waals surface area contributed by atoms with E-state index in [1.165, 1.54) is 0 Å². The van der Waals surface area contributed by atoms with Crippen molar-refractivity contribution < 1.29 is 9.59 Å². The molecular weight excluding hydrogens is 276 g/mol. The Morgan fingerprint density at radius 2 is 1.59 bits per heavy atom. The minimum absolute atomic E-state index is 0.230. The van der Waals surface area contributed by atoms with E-state index in [1.54, 1.807) is 6.92 Å². The number of anilines is 1. The molecule has 0 aliphatic carbocycles. The van der Waals surface area contributed by atoms with E-state index in [0.29, 0.717) is 5.69 Å². The Bertz CT molecular complexity index is 668. The lowest BCUT2D eigenvalue weighted by atomic mass is 9.83. The monoisotopic (exact) mass is 296 g/mol. The van der Waals surface area contributed by atoms with Crippen LogP contribution in [0.15, 0.2) is 54.6 Å². The zero-order chi connectivity index (χ0) is 16.1. The molecule has 0 radical (unpaired) electrons. The third-order valence-corrected chi connectivity index (χ3v) is 3.80. The van der Waals surface area contributed by atoms with Crippen LogP contribution in [0.4, 0.5) is 5.69 Å². The number of hydrogen-bond donors (Lipinski definition) is 2. The van der Waals surface area contributed by atoms with Gasteiger partial charge in [0.1, 0.15) is 0 Å². The van der Waals surface area contributed by atoms with Gasteiger partial charge in [-0.2, -0.15) is 0 Å². The maximum Gasteiger partial charge on any atom is 0.232 e. The van der Waals surface area contributed by atoms with Crippen LogP contribution in [0.2, 0.25) is 0 Å². The standard InChI is InChI=1S/C18H20N2O2/c1-12-8-6-7-11-15(12)16(13(2)17(19)21)18(22)20-14-9-4-3-5-10-14/h3-11,13,16H,1-2H3,(H2,19,21)(H,20,22). The molecule has 0 bridgehead atoms. The Kier molecular flexibility index (Phi) is 4.94. The molecule has 2 atom stereocenters. The van der Waals surface area contributed by atoms with Crippen LogP contribution >= 0.6 is 0 Å². The molecule has 0 aliphatic rings. The summed E-state index contributed by atoms with van der Waals surface area (Å²) in [6.45, 7) is 3.61. The predicted octanol–water partition coefficient (Wildman–Crippen LogP) is 2.84. The lowest BCUT2D eigenvalue weighted by Crippen LogP contribution is -2.34. The van der Waals surface area contributed by atoms with Gasteiger partial charge in [0, 0.05) is 5.69 Å². The van der Waals surface area contributed by atoms with Gasteiger partial charge >= 0.3 is 0 Å². The van der Waals surface area contributed by atoms with Gasteiger partial charge in [-0.05, 0) is 30.2 Å². The van der Waals surface area contributed by atoms with Gasteiger partial charge in [0.15, 0.2) is 0 Å². The number of nitrogens with two attached hydrogens (primary N) is 1. The van der Waals surface area contributed by atoms with Crippen molar-refractivity contribution in [3.63, 3.8) is 0 Å². The van der Waals surface area contributed by atoms with Crippen LogP contribution < -0.4 is 11.1 Å². The Balaban J connectivity index is 2.34. The zero-order valence-corrected chi connectivity index (χ0v) is 12.7. The summed E-state index contributed by atoms with van der Waals surface area (Å²) in [7, 11) is 0. The Labute approximate surface area is 130 Å². The molecule has 2 aromatic rings. The molecular formula is C18H20N2O2. The Morgan fingerprint density at radius 3 is 2.18 bits per heavy atom. The number of nitrogens with one attached hydrogen (secondary N) is 1. The minimum atomic E-state index is -0.612. The molecule has 0 fully saturated rings. The first-order chi connectivity index (χ1) is 10.5. The fourth-order valence-electron chi connectivity index (χ4n) is 2.48. The summed E-state index contributed by atoms with van der Waals surface area (Å²) in [5.74, 6) is -1.92. The number of carbonyl (C=O) groups excluding carboxylic acids is 2. The van der Waals surface area contributed by atoms with Gasteiger partial charge in [-0.25, -0.2) is 0 Å². The number of benzene rings is 2. The quantitative estimate of drug-likeness (QED) is 0.890. The number of aryl methyl sites for hydroxylation is 1. The molecule has 114 valence electrons. The third kappa shape index (κ3) is 3.52. The van der Waals surface area contributed by atoms with Gasteiger partial charge in [0.05, 0.1) is 11.8 Å². The fourth-order valence-corrected chi connectivity index (χ4v) is 2.48. The minimum Gasteiger partial charge on any atom is -0.369 e. The largest absolute Gasteiger partial charge is 0.369 e. The first-order valence-corrected chi connectivity index (χ1v) is 7.21. The van der Waals surface area contributed by atoms with Crippen LogP contribution in [0.5, 0.6) is 0 Å². The first-order valence-electron chi connectivity index (χ1n) is 7.21. The van der Waals surface area contributed by atoms with Crippen LogP contribution in [-0.4, -0.2) is 11.8 Å². The van der Waals surface area contributed by atoms with Crippen LogP contribution in [0.25, 0.3) is 0 Å². The normalized spacial score (nSPS) is 13.2. The fraction of sp³-hybridized carbons (Fsp3) is 0.222. The second-order valence-electron chi connectivity index (χ2n) is 5.38. The van der Waals surface area contributed by atoms with E-state index in [4.69, 9.17) is 5.73 Å². The van der Waals surface area contributed by atoms with Crippen molar-refractivity contribution in [1.29, 1.82) is 0 Å². The van der Waals surface area contributed by atoms with Gasteiger partial charge in [-0.3, -0.25) is 9.59 Å². The van der Waals surface area contributed by atoms with E-state index in [0.717, 1.165) is 11.1 Å². The van der Waals surface area contributed by atoms with E-state index in [9.17, 15) is 9.59 Å². The molecule has 3 N–H and O–H groups in total. The summed E-state index contributed by atoms with van der Waals surface area (Å²) >= 11 is 0. The van der Waals surface area contributed by atoms with Crippen molar-refractivity contribution in [2.45, 2.75) is 19.8 Å². The number of primary amides is 1. The number of para-hydroxylation sites is 1. The summed E-state index contributed by atoms with van der Waals surface area (Å²) < 4.78 is 0. The van der Waals surface area contributed by atoms with Gasteiger partial charge in [-0.1, -0.05) is 49.4 Å². The summed E-state index contributed by atoms with van der Waals surface area (Å²) in [4.78, 5) is 24.3. The van der Waals surface area contributed by atoms with E-state index in [-0.39, 0.29) is 5.91 Å². The first kappa shape index (κ1) is 15.8. The summed E-state index contributed by atoms with van der Waals surface area (Å²) in [5, 5.41) is 2.86. The second kappa shape index (κ2) is 6.89. The lowest BCUT2D eigenvalue weighted by molar-refractivity contribution is -0.127. The molecule has 0 saturated carbocycles. The molecule has 0 aliphatic heterocycles. The molecule has 0 aromatic heterocycles. The van der Waals surface area contributed by atoms with E-state index < -0.39 is 17.7 Å². The molecule has 4 nitrogen and oxygen atoms in total. The topological polar surface area (TPSA) is 72.2 Å². The molecule has 0 heterocycles. The molecule has 22 heavy (non-hydrogen) atoms. The maximum atomic E-state index is 12.7. The number of carbonyl (C=O) groups is 2. The average Bonchev–Trinajstić information content (AvgIpc) is 2.50. The van der Waals surface area contributed by atoms with Gasteiger partial charge in [-0.15, -0.1) is 0 Å². The Morgan fingerprint density at radius 1 is 1.00 bits per heavy atom. The molecule has 4 heteroatoms. The van der Waals surface area contributed by atoms with Crippen molar-refractivity contribution in [3.8, 4) is 0 Å². The molecule has 2 rings (SSSR count). The highest BCUT2D eigenvalue weighted by Gasteiger charge is 2.31. The van der Waals surface area contributed by atoms with Crippen LogP contribution in [0.1, 0.15) is 24.0 Å². The molecule has 2 unspecified atom stereocenters. The van der Waals surface area contributed by atoms with Crippen molar-refractivity contribution in [2.75, 3.05) is 5.32 Å². The van der Waals surface area contributed by atoms with Crippen LogP contribution in [0, 0.1) is 12.8 Å².